The first-order valence-electron chi connectivity index (χ1n) is 10.3. The third kappa shape index (κ3) is 5.26. The molecule has 0 atom stereocenters. The number of rotatable bonds is 6. The van der Waals surface area contributed by atoms with E-state index >= 15 is 0 Å². The zero-order valence-electron chi connectivity index (χ0n) is 18.1. The van der Waals surface area contributed by atoms with Crippen molar-refractivity contribution in [2.24, 2.45) is 0 Å². The Morgan fingerprint density at radius 2 is 1.32 bits per heavy atom. The molecule has 0 radical (unpaired) electrons. The highest BCUT2D eigenvalue weighted by atomic mass is 35.5. The second-order valence-electron chi connectivity index (χ2n) is 7.49. The van der Waals surface area contributed by atoms with Crippen LogP contribution in [-0.4, -0.2) is 19.9 Å². The summed E-state index contributed by atoms with van der Waals surface area (Å²) >= 11 is 15.3. The Morgan fingerprint density at radius 3 is 1.88 bits per heavy atom. The highest BCUT2D eigenvalue weighted by molar-refractivity contribution is 8.01. The van der Waals surface area contributed by atoms with E-state index in [9.17, 15) is 0 Å². The van der Waals surface area contributed by atoms with Crippen LogP contribution in [0.1, 0.15) is 11.1 Å². The summed E-state index contributed by atoms with van der Waals surface area (Å²) < 4.78 is 1.97. The van der Waals surface area contributed by atoms with E-state index in [-0.39, 0.29) is 0 Å². The molecular formula is C24H18Cl2N6S2. The van der Waals surface area contributed by atoms with Crippen LogP contribution in [0.4, 0.5) is 23.3 Å². The van der Waals surface area contributed by atoms with Crippen LogP contribution in [-0.2, 0) is 0 Å². The van der Waals surface area contributed by atoms with Crippen LogP contribution in [0, 0.1) is 13.8 Å². The van der Waals surface area contributed by atoms with E-state index in [1.807, 2.05) is 68.4 Å². The van der Waals surface area contributed by atoms with Crippen LogP contribution in [0.25, 0.3) is 10.2 Å². The van der Waals surface area contributed by atoms with Gasteiger partial charge in [0.25, 0.3) is 0 Å². The quantitative estimate of drug-likeness (QED) is 0.232. The lowest BCUT2D eigenvalue weighted by Gasteiger charge is -2.11. The van der Waals surface area contributed by atoms with E-state index in [0.29, 0.717) is 27.1 Å². The summed E-state index contributed by atoms with van der Waals surface area (Å²) in [6.07, 6.45) is 0. The largest absolute Gasteiger partial charge is 0.324 e. The summed E-state index contributed by atoms with van der Waals surface area (Å²) in [6, 6.07) is 19.4. The van der Waals surface area contributed by atoms with Gasteiger partial charge in [-0.3, -0.25) is 0 Å². The molecular weight excluding hydrogens is 507 g/mol. The fourth-order valence-corrected chi connectivity index (χ4v) is 5.35. The van der Waals surface area contributed by atoms with Gasteiger partial charge in [-0.1, -0.05) is 35.3 Å². The molecule has 0 aliphatic carbocycles. The van der Waals surface area contributed by atoms with Gasteiger partial charge >= 0.3 is 0 Å². The van der Waals surface area contributed by atoms with E-state index in [1.165, 1.54) is 11.8 Å². The molecule has 0 spiro atoms. The van der Waals surface area contributed by atoms with Crippen molar-refractivity contribution in [1.82, 2.24) is 19.9 Å². The molecule has 2 aromatic heterocycles. The number of benzene rings is 3. The molecule has 0 aliphatic rings. The molecule has 0 unspecified atom stereocenters. The predicted molar refractivity (Wildman–Crippen MR) is 143 cm³/mol. The van der Waals surface area contributed by atoms with Gasteiger partial charge in [0.15, 0.2) is 4.34 Å². The van der Waals surface area contributed by atoms with Crippen LogP contribution in [0.5, 0.6) is 0 Å². The molecule has 5 rings (SSSR count). The predicted octanol–water partition coefficient (Wildman–Crippen LogP) is 8.04. The maximum atomic E-state index is 6.17. The second-order valence-corrected chi connectivity index (χ2v) is 10.6. The lowest BCUT2D eigenvalue weighted by Crippen LogP contribution is -2.05. The average molecular weight is 525 g/mol. The zero-order valence-corrected chi connectivity index (χ0v) is 21.3. The summed E-state index contributed by atoms with van der Waals surface area (Å²) in [5, 5.41) is 8.45. The van der Waals surface area contributed by atoms with Crippen molar-refractivity contribution < 1.29 is 0 Å². The number of thiazole rings is 1. The topological polar surface area (TPSA) is 75.6 Å². The Bertz CT molecular complexity index is 1400. The van der Waals surface area contributed by atoms with Crippen molar-refractivity contribution in [3.05, 3.63) is 81.8 Å². The number of para-hydroxylation sites is 1. The highest BCUT2D eigenvalue weighted by Gasteiger charge is 2.13. The number of aryl methyl sites for hydroxylation is 2. The Labute approximate surface area is 214 Å². The number of nitrogens with one attached hydrogen (secondary N) is 2. The SMILES string of the molecule is Cc1cc(Nc2nc(Nc3ccc(Cl)c(C)c3)nc(Sc3nc4ccccc4s3)n2)ccc1Cl. The van der Waals surface area contributed by atoms with Gasteiger partial charge in [-0.05, 0) is 85.3 Å². The van der Waals surface area contributed by atoms with Crippen LogP contribution in [0.2, 0.25) is 10.0 Å². The normalized spacial score (nSPS) is 11.1. The molecule has 34 heavy (non-hydrogen) atoms. The van der Waals surface area contributed by atoms with Crippen LogP contribution in [0.15, 0.2) is 70.2 Å². The molecule has 5 aromatic rings. The summed E-state index contributed by atoms with van der Waals surface area (Å²) in [4.78, 5) is 18.5. The summed E-state index contributed by atoms with van der Waals surface area (Å²) in [5.41, 5.74) is 4.53. The molecule has 10 heteroatoms. The highest BCUT2D eigenvalue weighted by Crippen LogP contribution is 2.34. The fraction of sp³-hybridized carbons (Fsp3) is 0.0833. The maximum absolute atomic E-state index is 6.17. The van der Waals surface area contributed by atoms with Gasteiger partial charge in [0.05, 0.1) is 10.2 Å². The average Bonchev–Trinajstić information content (AvgIpc) is 3.21. The third-order valence-electron chi connectivity index (χ3n) is 4.90. The molecule has 170 valence electrons. The third-order valence-corrected chi connectivity index (χ3v) is 7.71. The first-order valence-corrected chi connectivity index (χ1v) is 12.7. The van der Waals surface area contributed by atoms with Crippen LogP contribution in [0.3, 0.4) is 0 Å². The minimum Gasteiger partial charge on any atom is -0.324 e. The standard InChI is InChI=1S/C24H18Cl2N6S2/c1-13-11-15(7-9-17(13)25)27-21-30-22(28-16-8-10-18(26)14(2)12-16)32-23(31-21)34-24-29-19-5-3-4-6-20(19)33-24/h3-12H,1-2H3,(H2,27,28,30,31,32). The minimum absolute atomic E-state index is 0.411. The second kappa shape index (κ2) is 9.76. The summed E-state index contributed by atoms with van der Waals surface area (Å²) in [5.74, 6) is 0.821. The van der Waals surface area contributed by atoms with E-state index < -0.39 is 0 Å². The molecule has 3 aromatic carbocycles. The van der Waals surface area contributed by atoms with Gasteiger partial charge < -0.3 is 10.6 Å². The van der Waals surface area contributed by atoms with Crippen molar-refractivity contribution in [3.63, 3.8) is 0 Å². The number of halogens is 2. The van der Waals surface area contributed by atoms with E-state index in [1.54, 1.807) is 11.3 Å². The molecule has 0 fully saturated rings. The van der Waals surface area contributed by atoms with Crippen molar-refractivity contribution in [2.75, 3.05) is 10.6 Å². The van der Waals surface area contributed by atoms with E-state index in [2.05, 4.69) is 36.6 Å². The monoisotopic (exact) mass is 524 g/mol. The first kappa shape index (κ1) is 22.9. The Balaban J connectivity index is 1.49. The van der Waals surface area contributed by atoms with Crippen molar-refractivity contribution in [3.8, 4) is 0 Å². The first-order chi connectivity index (χ1) is 16.4. The van der Waals surface area contributed by atoms with Gasteiger partial charge in [0.2, 0.25) is 17.1 Å². The number of anilines is 4. The lowest BCUT2D eigenvalue weighted by molar-refractivity contribution is 0.919. The molecule has 2 N–H and O–H groups in total. The fourth-order valence-electron chi connectivity index (χ4n) is 3.19. The maximum Gasteiger partial charge on any atom is 0.233 e. The van der Waals surface area contributed by atoms with Gasteiger partial charge in [0.1, 0.15) is 0 Å². The Hall–Kier alpha value is -2.91. The molecule has 0 saturated heterocycles. The number of hydrogen-bond donors (Lipinski definition) is 2. The van der Waals surface area contributed by atoms with Gasteiger partial charge in [-0.15, -0.1) is 11.3 Å². The molecule has 0 aliphatic heterocycles. The van der Waals surface area contributed by atoms with Gasteiger partial charge in [0, 0.05) is 21.4 Å². The molecule has 2 heterocycles. The van der Waals surface area contributed by atoms with Crippen molar-refractivity contribution in [2.45, 2.75) is 23.3 Å². The number of aromatic nitrogens is 4. The summed E-state index contributed by atoms with van der Waals surface area (Å²) in [6.45, 7) is 3.90. The number of hydrogen-bond acceptors (Lipinski definition) is 8. The Kier molecular flexibility index (Phi) is 6.56. The minimum atomic E-state index is 0.411. The molecule has 0 saturated carbocycles. The molecule has 0 amide bonds. The Morgan fingerprint density at radius 1 is 0.735 bits per heavy atom. The van der Waals surface area contributed by atoms with Gasteiger partial charge in [-0.2, -0.15) is 15.0 Å². The van der Waals surface area contributed by atoms with Crippen molar-refractivity contribution >= 4 is 79.8 Å². The van der Waals surface area contributed by atoms with Crippen LogP contribution < -0.4 is 10.6 Å². The van der Waals surface area contributed by atoms with Crippen molar-refractivity contribution in [1.29, 1.82) is 0 Å². The summed E-state index contributed by atoms with van der Waals surface area (Å²) in [7, 11) is 0. The zero-order chi connectivity index (χ0) is 23.7. The van der Waals surface area contributed by atoms with E-state index in [4.69, 9.17) is 23.2 Å². The smallest absolute Gasteiger partial charge is 0.233 e. The van der Waals surface area contributed by atoms with Gasteiger partial charge in [-0.25, -0.2) is 4.98 Å². The van der Waals surface area contributed by atoms with Crippen LogP contribution >= 0.6 is 46.3 Å². The molecule has 0 bridgehead atoms. The number of nitrogens with zero attached hydrogens (tertiary/aromatic N) is 4. The lowest BCUT2D eigenvalue weighted by atomic mass is 10.2. The molecule has 6 nitrogen and oxygen atoms in total. The number of fused-ring (bicyclic) bond motifs is 1. The van der Waals surface area contributed by atoms with E-state index in [0.717, 1.165) is 37.1 Å².